The quantitative estimate of drug-likeness (QED) is 0.723. The molecule has 1 rings (SSSR count). The van der Waals surface area contributed by atoms with Crippen LogP contribution < -0.4 is 5.32 Å². The largest absolute Gasteiger partial charge is 0.340 e. The van der Waals surface area contributed by atoms with Crippen LogP contribution in [0, 0.1) is 0 Å². The molecule has 0 radical (unpaired) electrons. The summed E-state index contributed by atoms with van der Waals surface area (Å²) in [5.74, 6) is 2.57. The normalized spacial score (nSPS) is 20.7. The SMILES string of the molecule is CCSCCCN1CCNC(C)(C)C1=O. The van der Waals surface area contributed by atoms with Crippen molar-refractivity contribution in [2.45, 2.75) is 32.7 Å². The van der Waals surface area contributed by atoms with E-state index in [0.717, 1.165) is 31.8 Å². The van der Waals surface area contributed by atoms with Crippen LogP contribution in [-0.4, -0.2) is 47.5 Å². The molecule has 0 aliphatic carbocycles. The fourth-order valence-electron chi connectivity index (χ4n) is 1.79. The van der Waals surface area contributed by atoms with Gasteiger partial charge in [0.25, 0.3) is 0 Å². The van der Waals surface area contributed by atoms with Gasteiger partial charge in [0.05, 0.1) is 5.54 Å². The molecule has 0 spiro atoms. The van der Waals surface area contributed by atoms with Crippen molar-refractivity contribution in [3.63, 3.8) is 0 Å². The van der Waals surface area contributed by atoms with Gasteiger partial charge in [-0.3, -0.25) is 4.79 Å². The van der Waals surface area contributed by atoms with Gasteiger partial charge in [0.1, 0.15) is 0 Å². The van der Waals surface area contributed by atoms with Gasteiger partial charge in [0, 0.05) is 19.6 Å². The first-order valence-electron chi connectivity index (χ1n) is 5.70. The van der Waals surface area contributed by atoms with Crippen LogP contribution in [0.3, 0.4) is 0 Å². The van der Waals surface area contributed by atoms with Crippen molar-refractivity contribution < 1.29 is 4.79 Å². The van der Waals surface area contributed by atoms with Crippen LogP contribution in [0.4, 0.5) is 0 Å². The maximum absolute atomic E-state index is 12.0. The summed E-state index contributed by atoms with van der Waals surface area (Å²) >= 11 is 1.94. The molecule has 4 heteroatoms. The molecule has 0 atom stereocenters. The summed E-state index contributed by atoms with van der Waals surface area (Å²) in [5.41, 5.74) is -0.365. The molecular weight excluding hydrogens is 208 g/mol. The molecule has 3 nitrogen and oxygen atoms in total. The predicted octanol–water partition coefficient (Wildman–Crippen LogP) is 1.34. The fraction of sp³-hybridized carbons (Fsp3) is 0.909. The molecule has 1 fully saturated rings. The van der Waals surface area contributed by atoms with Crippen LogP contribution in [0.15, 0.2) is 0 Å². The highest BCUT2D eigenvalue weighted by Crippen LogP contribution is 2.13. The lowest BCUT2D eigenvalue weighted by Gasteiger charge is -2.38. The minimum absolute atomic E-state index is 0.246. The average molecular weight is 230 g/mol. The Labute approximate surface area is 97.0 Å². The molecule has 0 saturated carbocycles. The van der Waals surface area contributed by atoms with Crippen molar-refractivity contribution in [1.29, 1.82) is 0 Å². The molecule has 1 aliphatic heterocycles. The lowest BCUT2D eigenvalue weighted by atomic mass is 10.0. The highest BCUT2D eigenvalue weighted by atomic mass is 32.2. The standard InChI is InChI=1S/C11H22N2OS/c1-4-15-9-5-7-13-8-6-12-11(2,3)10(13)14/h12H,4-9H2,1-3H3. The molecular formula is C11H22N2OS. The molecule has 0 aromatic carbocycles. The summed E-state index contributed by atoms with van der Waals surface area (Å²) in [6.45, 7) is 8.78. The molecule has 88 valence electrons. The van der Waals surface area contributed by atoms with E-state index in [0.29, 0.717) is 0 Å². The van der Waals surface area contributed by atoms with E-state index >= 15 is 0 Å². The van der Waals surface area contributed by atoms with Crippen molar-refractivity contribution in [3.8, 4) is 0 Å². The van der Waals surface area contributed by atoms with Gasteiger partial charge in [-0.25, -0.2) is 0 Å². The summed E-state index contributed by atoms with van der Waals surface area (Å²) in [4.78, 5) is 14.0. The second-order valence-electron chi connectivity index (χ2n) is 4.39. The van der Waals surface area contributed by atoms with Crippen LogP contribution >= 0.6 is 11.8 Å². The summed E-state index contributed by atoms with van der Waals surface area (Å²) in [6.07, 6.45) is 1.11. The Bertz CT molecular complexity index is 219. The Morgan fingerprint density at radius 2 is 2.27 bits per heavy atom. The third-order valence-corrected chi connectivity index (χ3v) is 3.68. The Hall–Kier alpha value is -0.220. The van der Waals surface area contributed by atoms with Gasteiger partial charge in [-0.1, -0.05) is 6.92 Å². The molecule has 1 N–H and O–H groups in total. The maximum Gasteiger partial charge on any atom is 0.242 e. The maximum atomic E-state index is 12.0. The molecule has 0 unspecified atom stereocenters. The number of carbonyl (C=O) groups excluding carboxylic acids is 1. The molecule has 0 bridgehead atoms. The monoisotopic (exact) mass is 230 g/mol. The van der Waals surface area contributed by atoms with E-state index in [4.69, 9.17) is 0 Å². The van der Waals surface area contributed by atoms with E-state index in [1.165, 1.54) is 5.75 Å². The lowest BCUT2D eigenvalue weighted by molar-refractivity contribution is -0.139. The van der Waals surface area contributed by atoms with E-state index < -0.39 is 0 Å². The van der Waals surface area contributed by atoms with Crippen molar-refractivity contribution in [1.82, 2.24) is 10.2 Å². The lowest BCUT2D eigenvalue weighted by Crippen LogP contribution is -2.61. The zero-order valence-corrected chi connectivity index (χ0v) is 10.8. The summed E-state index contributed by atoms with van der Waals surface area (Å²) < 4.78 is 0. The van der Waals surface area contributed by atoms with E-state index in [2.05, 4.69) is 12.2 Å². The number of hydrogen-bond donors (Lipinski definition) is 1. The van der Waals surface area contributed by atoms with Crippen molar-refractivity contribution >= 4 is 17.7 Å². The van der Waals surface area contributed by atoms with Gasteiger partial charge in [0.2, 0.25) is 5.91 Å². The van der Waals surface area contributed by atoms with Crippen LogP contribution in [0.5, 0.6) is 0 Å². The fourth-order valence-corrected chi connectivity index (χ4v) is 2.41. The first kappa shape index (κ1) is 12.8. The van der Waals surface area contributed by atoms with Crippen LogP contribution in [0.25, 0.3) is 0 Å². The molecule has 0 aromatic heterocycles. The van der Waals surface area contributed by atoms with Crippen molar-refractivity contribution in [3.05, 3.63) is 0 Å². The summed E-state index contributed by atoms with van der Waals surface area (Å²) in [6, 6.07) is 0. The molecule has 1 heterocycles. The van der Waals surface area contributed by atoms with Crippen LogP contribution in [0.2, 0.25) is 0 Å². The second kappa shape index (κ2) is 5.75. The van der Waals surface area contributed by atoms with Gasteiger partial charge in [-0.15, -0.1) is 0 Å². The Balaban J connectivity index is 2.32. The van der Waals surface area contributed by atoms with Crippen molar-refractivity contribution in [2.24, 2.45) is 0 Å². The highest BCUT2D eigenvalue weighted by Gasteiger charge is 2.34. The average Bonchev–Trinajstić information content (AvgIpc) is 2.19. The third kappa shape index (κ3) is 3.68. The number of piperazine rings is 1. The van der Waals surface area contributed by atoms with Crippen LogP contribution in [0.1, 0.15) is 27.2 Å². The number of rotatable bonds is 5. The number of carbonyl (C=O) groups is 1. The zero-order chi connectivity index (χ0) is 11.3. The number of amides is 1. The number of hydrogen-bond acceptors (Lipinski definition) is 3. The molecule has 0 aromatic rings. The number of nitrogens with zero attached hydrogens (tertiary/aromatic N) is 1. The first-order chi connectivity index (χ1) is 7.08. The Morgan fingerprint density at radius 1 is 1.53 bits per heavy atom. The zero-order valence-electron chi connectivity index (χ0n) is 10.0. The van der Waals surface area contributed by atoms with Gasteiger partial charge in [0.15, 0.2) is 0 Å². The molecule has 1 aliphatic rings. The van der Waals surface area contributed by atoms with Gasteiger partial charge < -0.3 is 10.2 Å². The Kier molecular flexibility index (Phi) is 4.93. The molecule has 15 heavy (non-hydrogen) atoms. The number of thioether (sulfide) groups is 1. The van der Waals surface area contributed by atoms with Crippen molar-refractivity contribution in [2.75, 3.05) is 31.1 Å². The number of nitrogens with one attached hydrogen (secondary N) is 1. The van der Waals surface area contributed by atoms with Gasteiger partial charge in [-0.2, -0.15) is 11.8 Å². The van der Waals surface area contributed by atoms with Gasteiger partial charge in [-0.05, 0) is 31.8 Å². The minimum atomic E-state index is -0.365. The Morgan fingerprint density at radius 3 is 2.93 bits per heavy atom. The molecule has 1 saturated heterocycles. The van der Waals surface area contributed by atoms with Crippen LogP contribution in [-0.2, 0) is 4.79 Å². The second-order valence-corrected chi connectivity index (χ2v) is 5.79. The third-order valence-electron chi connectivity index (χ3n) is 2.69. The first-order valence-corrected chi connectivity index (χ1v) is 6.85. The minimum Gasteiger partial charge on any atom is -0.340 e. The summed E-state index contributed by atoms with van der Waals surface area (Å²) in [7, 11) is 0. The summed E-state index contributed by atoms with van der Waals surface area (Å²) in [5, 5.41) is 3.24. The smallest absolute Gasteiger partial charge is 0.242 e. The highest BCUT2D eigenvalue weighted by molar-refractivity contribution is 7.99. The van der Waals surface area contributed by atoms with Gasteiger partial charge >= 0.3 is 0 Å². The topological polar surface area (TPSA) is 32.3 Å². The van der Waals surface area contributed by atoms with E-state index in [1.807, 2.05) is 30.5 Å². The molecule has 1 amide bonds. The van der Waals surface area contributed by atoms with E-state index in [-0.39, 0.29) is 11.4 Å². The van der Waals surface area contributed by atoms with E-state index in [1.54, 1.807) is 0 Å². The predicted molar refractivity (Wildman–Crippen MR) is 66.3 cm³/mol. The van der Waals surface area contributed by atoms with E-state index in [9.17, 15) is 4.79 Å².